The molecule has 0 spiro atoms. The van der Waals surface area contributed by atoms with E-state index in [1.807, 2.05) is 18.2 Å². The van der Waals surface area contributed by atoms with Gasteiger partial charge in [0.1, 0.15) is 14.9 Å². The van der Waals surface area contributed by atoms with Crippen molar-refractivity contribution in [1.82, 2.24) is 15.0 Å². The molecule has 0 radical (unpaired) electrons. The van der Waals surface area contributed by atoms with Crippen LogP contribution in [0.2, 0.25) is 0 Å². The summed E-state index contributed by atoms with van der Waals surface area (Å²) in [5.41, 5.74) is 1.56. The summed E-state index contributed by atoms with van der Waals surface area (Å²) in [6.07, 6.45) is 3.33. The lowest BCUT2D eigenvalue weighted by Crippen LogP contribution is -1.88. The highest BCUT2D eigenvalue weighted by Gasteiger charge is 2.01. The molecule has 2 heterocycles. The van der Waals surface area contributed by atoms with Crippen molar-refractivity contribution >= 4 is 31.9 Å². The standard InChI is InChI=1S/C9H5Br2N3/c10-8-3-1-2-6(14-8)7-4-13-9(11)5-12-7/h1-5H. The highest BCUT2D eigenvalue weighted by atomic mass is 79.9. The number of nitrogens with zero attached hydrogens (tertiary/aromatic N) is 3. The maximum absolute atomic E-state index is 4.27. The average molecular weight is 315 g/mol. The molecule has 70 valence electrons. The second-order valence-corrected chi connectivity index (χ2v) is 4.19. The highest BCUT2D eigenvalue weighted by Crippen LogP contribution is 2.16. The highest BCUT2D eigenvalue weighted by molar-refractivity contribution is 9.10. The third kappa shape index (κ3) is 2.16. The fraction of sp³-hybridized carbons (Fsp3) is 0. The van der Waals surface area contributed by atoms with Crippen molar-refractivity contribution in [2.24, 2.45) is 0 Å². The van der Waals surface area contributed by atoms with Crippen LogP contribution in [0, 0.1) is 0 Å². The van der Waals surface area contributed by atoms with Crippen molar-refractivity contribution in [3.63, 3.8) is 0 Å². The summed E-state index contributed by atoms with van der Waals surface area (Å²) in [5.74, 6) is 0. The normalized spacial score (nSPS) is 10.1. The SMILES string of the molecule is Brc1cnc(-c2cccc(Br)n2)cn1. The van der Waals surface area contributed by atoms with Crippen molar-refractivity contribution in [1.29, 1.82) is 0 Å². The van der Waals surface area contributed by atoms with Gasteiger partial charge in [-0.05, 0) is 44.0 Å². The molecular formula is C9H5Br2N3. The van der Waals surface area contributed by atoms with E-state index in [1.54, 1.807) is 12.4 Å². The summed E-state index contributed by atoms with van der Waals surface area (Å²) in [6.45, 7) is 0. The Morgan fingerprint density at radius 3 is 2.36 bits per heavy atom. The number of rotatable bonds is 1. The molecule has 0 N–H and O–H groups in total. The first-order valence-electron chi connectivity index (χ1n) is 3.86. The van der Waals surface area contributed by atoms with Gasteiger partial charge >= 0.3 is 0 Å². The van der Waals surface area contributed by atoms with Crippen molar-refractivity contribution in [3.8, 4) is 11.4 Å². The summed E-state index contributed by atoms with van der Waals surface area (Å²) < 4.78 is 1.51. The van der Waals surface area contributed by atoms with Crippen molar-refractivity contribution in [2.75, 3.05) is 0 Å². The fourth-order valence-electron chi connectivity index (χ4n) is 0.995. The number of hydrogen-bond donors (Lipinski definition) is 0. The van der Waals surface area contributed by atoms with Gasteiger partial charge in [-0.2, -0.15) is 0 Å². The molecule has 0 fully saturated rings. The maximum Gasteiger partial charge on any atom is 0.124 e. The van der Waals surface area contributed by atoms with Crippen molar-refractivity contribution in [3.05, 3.63) is 39.8 Å². The van der Waals surface area contributed by atoms with Crippen LogP contribution in [0.15, 0.2) is 39.8 Å². The predicted molar refractivity (Wildman–Crippen MR) is 60.7 cm³/mol. The lowest BCUT2D eigenvalue weighted by atomic mass is 10.3. The molecule has 0 aliphatic rings. The Balaban J connectivity index is 2.44. The summed E-state index contributed by atoms with van der Waals surface area (Å²) in [7, 11) is 0. The Bertz CT molecular complexity index is 442. The van der Waals surface area contributed by atoms with E-state index in [-0.39, 0.29) is 0 Å². The van der Waals surface area contributed by atoms with Crippen LogP contribution in [-0.4, -0.2) is 15.0 Å². The second-order valence-electron chi connectivity index (χ2n) is 2.57. The number of pyridine rings is 1. The van der Waals surface area contributed by atoms with Crippen molar-refractivity contribution in [2.45, 2.75) is 0 Å². The topological polar surface area (TPSA) is 38.7 Å². The fourth-order valence-corrected chi connectivity index (χ4v) is 1.54. The van der Waals surface area contributed by atoms with Crippen LogP contribution < -0.4 is 0 Å². The van der Waals surface area contributed by atoms with E-state index in [0.29, 0.717) is 0 Å². The minimum absolute atomic E-state index is 0.719. The zero-order valence-corrected chi connectivity index (χ0v) is 10.2. The molecule has 0 aromatic carbocycles. The molecule has 0 unspecified atom stereocenters. The van der Waals surface area contributed by atoms with Crippen LogP contribution in [0.1, 0.15) is 0 Å². The van der Waals surface area contributed by atoms with Crippen LogP contribution in [0.3, 0.4) is 0 Å². The first kappa shape index (κ1) is 9.73. The molecule has 14 heavy (non-hydrogen) atoms. The van der Waals surface area contributed by atoms with Crippen LogP contribution in [0.25, 0.3) is 11.4 Å². The van der Waals surface area contributed by atoms with E-state index >= 15 is 0 Å². The van der Waals surface area contributed by atoms with Gasteiger partial charge in [0.05, 0.1) is 18.1 Å². The first-order valence-corrected chi connectivity index (χ1v) is 5.45. The van der Waals surface area contributed by atoms with Gasteiger partial charge in [0, 0.05) is 0 Å². The average Bonchev–Trinajstić information content (AvgIpc) is 2.19. The second kappa shape index (κ2) is 4.14. The quantitative estimate of drug-likeness (QED) is 0.759. The molecule has 2 aromatic heterocycles. The van der Waals surface area contributed by atoms with E-state index in [0.717, 1.165) is 20.6 Å². The van der Waals surface area contributed by atoms with Gasteiger partial charge in [0.15, 0.2) is 0 Å². The molecule has 2 rings (SSSR count). The van der Waals surface area contributed by atoms with E-state index in [9.17, 15) is 0 Å². The van der Waals surface area contributed by atoms with Crippen molar-refractivity contribution < 1.29 is 0 Å². The van der Waals surface area contributed by atoms with Gasteiger partial charge in [0.2, 0.25) is 0 Å². The van der Waals surface area contributed by atoms with Gasteiger partial charge in [0.25, 0.3) is 0 Å². The monoisotopic (exact) mass is 313 g/mol. The lowest BCUT2D eigenvalue weighted by Gasteiger charge is -1.99. The number of halogens is 2. The predicted octanol–water partition coefficient (Wildman–Crippen LogP) is 3.06. The van der Waals surface area contributed by atoms with Gasteiger partial charge < -0.3 is 0 Å². The summed E-state index contributed by atoms with van der Waals surface area (Å²) in [6, 6.07) is 5.68. The Hall–Kier alpha value is -0.810. The molecule has 0 saturated heterocycles. The van der Waals surface area contributed by atoms with Gasteiger partial charge in [-0.15, -0.1) is 0 Å². The number of aromatic nitrogens is 3. The van der Waals surface area contributed by atoms with E-state index in [4.69, 9.17) is 0 Å². The lowest BCUT2D eigenvalue weighted by molar-refractivity contribution is 1.14. The van der Waals surface area contributed by atoms with Gasteiger partial charge in [-0.3, -0.25) is 4.98 Å². The molecule has 0 aliphatic heterocycles. The Labute approximate surface area is 97.9 Å². The summed E-state index contributed by atoms with van der Waals surface area (Å²) >= 11 is 6.53. The molecule has 0 saturated carbocycles. The number of hydrogen-bond acceptors (Lipinski definition) is 3. The Morgan fingerprint density at radius 1 is 0.857 bits per heavy atom. The summed E-state index contributed by atoms with van der Waals surface area (Å²) in [4.78, 5) is 12.6. The Kier molecular flexibility index (Phi) is 2.88. The molecule has 0 amide bonds. The molecule has 2 aromatic rings. The van der Waals surface area contributed by atoms with Gasteiger partial charge in [-0.25, -0.2) is 9.97 Å². The van der Waals surface area contributed by atoms with E-state index in [1.165, 1.54) is 0 Å². The van der Waals surface area contributed by atoms with E-state index in [2.05, 4.69) is 46.8 Å². The molecule has 0 atom stereocenters. The zero-order valence-electron chi connectivity index (χ0n) is 6.98. The van der Waals surface area contributed by atoms with Crippen LogP contribution in [0.5, 0.6) is 0 Å². The molecule has 3 nitrogen and oxygen atoms in total. The third-order valence-electron chi connectivity index (χ3n) is 1.60. The molecule has 0 aliphatic carbocycles. The zero-order chi connectivity index (χ0) is 9.97. The minimum Gasteiger partial charge on any atom is -0.250 e. The smallest absolute Gasteiger partial charge is 0.124 e. The van der Waals surface area contributed by atoms with Crippen LogP contribution in [0.4, 0.5) is 0 Å². The largest absolute Gasteiger partial charge is 0.250 e. The van der Waals surface area contributed by atoms with Crippen LogP contribution in [-0.2, 0) is 0 Å². The molecular weight excluding hydrogens is 310 g/mol. The van der Waals surface area contributed by atoms with Crippen LogP contribution >= 0.6 is 31.9 Å². The molecule has 0 bridgehead atoms. The van der Waals surface area contributed by atoms with E-state index < -0.39 is 0 Å². The third-order valence-corrected chi connectivity index (χ3v) is 2.45. The first-order chi connectivity index (χ1) is 6.75. The Morgan fingerprint density at radius 2 is 1.71 bits per heavy atom. The maximum atomic E-state index is 4.27. The summed E-state index contributed by atoms with van der Waals surface area (Å²) in [5, 5.41) is 0. The molecule has 5 heteroatoms. The van der Waals surface area contributed by atoms with Gasteiger partial charge in [-0.1, -0.05) is 6.07 Å². The minimum atomic E-state index is 0.719.